The number of benzene rings is 2. The zero-order valence-corrected chi connectivity index (χ0v) is 12.6. The first-order valence-electron chi connectivity index (χ1n) is 6.48. The average molecular weight is 298 g/mol. The molecule has 0 unspecified atom stereocenters. The van der Waals surface area contributed by atoms with Gasteiger partial charge in [-0.1, -0.05) is 42.5 Å². The highest BCUT2D eigenvalue weighted by Crippen LogP contribution is 2.35. The molecule has 2 aromatic carbocycles. The smallest absolute Gasteiger partial charge is 0.143 e. The van der Waals surface area contributed by atoms with Crippen LogP contribution in [0.4, 0.5) is 0 Å². The highest BCUT2D eigenvalue weighted by atomic mass is 32.1. The van der Waals surface area contributed by atoms with Crippen LogP contribution in [0.2, 0.25) is 0 Å². The predicted octanol–water partition coefficient (Wildman–Crippen LogP) is 4.85. The van der Waals surface area contributed by atoms with Gasteiger partial charge in [0, 0.05) is 23.8 Å². The maximum atomic E-state index is 5.99. The second kappa shape index (κ2) is 5.58. The lowest BCUT2D eigenvalue weighted by Crippen LogP contribution is -1.90. The van der Waals surface area contributed by atoms with Gasteiger partial charge in [0.05, 0.1) is 24.1 Å². The molecule has 1 aromatic heterocycles. The van der Waals surface area contributed by atoms with Gasteiger partial charge in [0.2, 0.25) is 0 Å². The lowest BCUT2D eigenvalue weighted by molar-refractivity contribution is 0.396. The normalized spacial score (nSPS) is 10.6. The Kier molecular flexibility index (Phi) is 3.62. The number of hydrogen-bond donors (Lipinski definition) is 0. The highest BCUT2D eigenvalue weighted by molar-refractivity contribution is 7.71. The standard InChI is InChI=1S/C17H14O3S/c1-18-12-8-14(19-2)17-15(9-12)20-13(10-16(17)21)11-6-4-3-5-7-11/h3-10H,1-2H3. The minimum absolute atomic E-state index is 0.651. The lowest BCUT2D eigenvalue weighted by Gasteiger charge is -2.10. The molecule has 0 aliphatic rings. The molecule has 106 valence electrons. The fraction of sp³-hybridized carbons (Fsp3) is 0.118. The van der Waals surface area contributed by atoms with E-state index in [1.807, 2.05) is 42.5 Å². The third-order valence-electron chi connectivity index (χ3n) is 3.28. The molecule has 0 bridgehead atoms. The molecule has 4 heteroatoms. The SMILES string of the molecule is COc1cc(OC)c2c(=S)cc(-c3ccccc3)oc2c1. The third kappa shape index (κ3) is 2.50. The van der Waals surface area contributed by atoms with Crippen molar-refractivity contribution < 1.29 is 13.9 Å². The van der Waals surface area contributed by atoms with E-state index in [9.17, 15) is 0 Å². The van der Waals surface area contributed by atoms with Crippen LogP contribution in [0.5, 0.6) is 11.5 Å². The highest BCUT2D eigenvalue weighted by Gasteiger charge is 2.11. The van der Waals surface area contributed by atoms with E-state index in [4.69, 9.17) is 26.1 Å². The Morgan fingerprint density at radius 3 is 2.38 bits per heavy atom. The van der Waals surface area contributed by atoms with Crippen molar-refractivity contribution in [2.45, 2.75) is 0 Å². The van der Waals surface area contributed by atoms with Gasteiger partial charge in [-0.15, -0.1) is 0 Å². The topological polar surface area (TPSA) is 31.6 Å². The zero-order valence-electron chi connectivity index (χ0n) is 11.8. The van der Waals surface area contributed by atoms with Gasteiger partial charge in [0.15, 0.2) is 0 Å². The summed E-state index contributed by atoms with van der Waals surface area (Å²) in [6.45, 7) is 0. The van der Waals surface area contributed by atoms with Crippen LogP contribution in [-0.2, 0) is 0 Å². The summed E-state index contributed by atoms with van der Waals surface area (Å²) in [5.41, 5.74) is 1.63. The van der Waals surface area contributed by atoms with Crippen LogP contribution in [-0.4, -0.2) is 14.2 Å². The quantitative estimate of drug-likeness (QED) is 0.647. The molecule has 0 fully saturated rings. The molecular formula is C17H14O3S. The van der Waals surface area contributed by atoms with Crippen molar-refractivity contribution in [2.24, 2.45) is 0 Å². The largest absolute Gasteiger partial charge is 0.496 e. The van der Waals surface area contributed by atoms with Crippen molar-refractivity contribution in [3.8, 4) is 22.8 Å². The summed E-state index contributed by atoms with van der Waals surface area (Å²) in [6, 6.07) is 15.3. The molecule has 0 saturated heterocycles. The monoisotopic (exact) mass is 298 g/mol. The first-order valence-corrected chi connectivity index (χ1v) is 6.89. The first kappa shape index (κ1) is 13.6. The molecule has 0 N–H and O–H groups in total. The van der Waals surface area contributed by atoms with E-state index < -0.39 is 0 Å². The van der Waals surface area contributed by atoms with Crippen molar-refractivity contribution in [3.05, 3.63) is 53.0 Å². The Morgan fingerprint density at radius 1 is 0.952 bits per heavy atom. The molecule has 0 radical (unpaired) electrons. The van der Waals surface area contributed by atoms with Crippen LogP contribution in [0.1, 0.15) is 0 Å². The maximum absolute atomic E-state index is 5.99. The lowest BCUT2D eigenvalue weighted by atomic mass is 10.1. The molecule has 3 nitrogen and oxygen atoms in total. The Bertz CT molecular complexity index is 838. The fourth-order valence-electron chi connectivity index (χ4n) is 2.25. The molecule has 0 aliphatic heterocycles. The number of ether oxygens (including phenoxy) is 2. The molecular weight excluding hydrogens is 284 g/mol. The third-order valence-corrected chi connectivity index (χ3v) is 3.60. The Hall–Kier alpha value is -2.33. The number of hydrogen-bond acceptors (Lipinski definition) is 4. The van der Waals surface area contributed by atoms with Gasteiger partial charge in [-0.05, 0) is 0 Å². The number of rotatable bonds is 3. The molecule has 1 heterocycles. The van der Waals surface area contributed by atoms with E-state index in [0.29, 0.717) is 21.6 Å². The first-order chi connectivity index (χ1) is 10.2. The van der Waals surface area contributed by atoms with Gasteiger partial charge in [0.25, 0.3) is 0 Å². The van der Waals surface area contributed by atoms with E-state index >= 15 is 0 Å². The molecule has 21 heavy (non-hydrogen) atoms. The van der Waals surface area contributed by atoms with Crippen molar-refractivity contribution in [2.75, 3.05) is 14.2 Å². The van der Waals surface area contributed by atoms with E-state index in [0.717, 1.165) is 16.7 Å². The molecule has 0 aliphatic carbocycles. The average Bonchev–Trinajstić information content (AvgIpc) is 2.54. The van der Waals surface area contributed by atoms with Crippen molar-refractivity contribution in [3.63, 3.8) is 0 Å². The summed E-state index contributed by atoms with van der Waals surface area (Å²) < 4.78 is 17.3. The second-order valence-electron chi connectivity index (χ2n) is 4.54. The van der Waals surface area contributed by atoms with Gasteiger partial charge < -0.3 is 13.9 Å². The maximum Gasteiger partial charge on any atom is 0.143 e. The molecule has 0 atom stereocenters. The van der Waals surface area contributed by atoms with Crippen LogP contribution < -0.4 is 9.47 Å². The van der Waals surface area contributed by atoms with Crippen molar-refractivity contribution in [1.29, 1.82) is 0 Å². The van der Waals surface area contributed by atoms with Crippen LogP contribution >= 0.6 is 12.2 Å². The summed E-state index contributed by atoms with van der Waals surface area (Å²) >= 11 is 5.49. The zero-order chi connectivity index (χ0) is 14.8. The Labute approximate surface area is 127 Å². The summed E-state index contributed by atoms with van der Waals surface area (Å²) in [5, 5.41) is 0.785. The van der Waals surface area contributed by atoms with Crippen LogP contribution in [0.15, 0.2) is 52.9 Å². The van der Waals surface area contributed by atoms with Gasteiger partial charge in [0.1, 0.15) is 22.8 Å². The summed E-state index contributed by atoms with van der Waals surface area (Å²) in [5.74, 6) is 2.05. The van der Waals surface area contributed by atoms with Crippen molar-refractivity contribution in [1.82, 2.24) is 0 Å². The molecule has 3 rings (SSSR count). The van der Waals surface area contributed by atoms with Crippen LogP contribution in [0.25, 0.3) is 22.3 Å². The number of methoxy groups -OCH3 is 2. The minimum Gasteiger partial charge on any atom is -0.496 e. The summed E-state index contributed by atoms with van der Waals surface area (Å²) in [7, 11) is 3.21. The number of fused-ring (bicyclic) bond motifs is 1. The Balaban J connectivity index is 2.31. The van der Waals surface area contributed by atoms with E-state index in [-0.39, 0.29) is 0 Å². The Morgan fingerprint density at radius 2 is 1.71 bits per heavy atom. The van der Waals surface area contributed by atoms with E-state index in [2.05, 4.69) is 0 Å². The van der Waals surface area contributed by atoms with E-state index in [1.165, 1.54) is 0 Å². The molecule has 0 amide bonds. The molecule has 0 saturated carbocycles. The second-order valence-corrected chi connectivity index (χ2v) is 4.98. The molecule has 0 spiro atoms. The van der Waals surface area contributed by atoms with Gasteiger partial charge >= 0.3 is 0 Å². The van der Waals surface area contributed by atoms with Crippen molar-refractivity contribution >= 4 is 23.2 Å². The van der Waals surface area contributed by atoms with Gasteiger partial charge in [-0.25, -0.2) is 0 Å². The summed E-state index contributed by atoms with van der Waals surface area (Å²) in [6.07, 6.45) is 0. The minimum atomic E-state index is 0.651. The predicted molar refractivity (Wildman–Crippen MR) is 85.6 cm³/mol. The van der Waals surface area contributed by atoms with Gasteiger partial charge in [-0.2, -0.15) is 0 Å². The van der Waals surface area contributed by atoms with E-state index in [1.54, 1.807) is 20.3 Å². The summed E-state index contributed by atoms with van der Waals surface area (Å²) in [4.78, 5) is 0. The van der Waals surface area contributed by atoms with Crippen LogP contribution in [0.3, 0.4) is 0 Å². The fourth-order valence-corrected chi connectivity index (χ4v) is 2.56. The van der Waals surface area contributed by atoms with Crippen LogP contribution in [0, 0.1) is 4.51 Å². The molecule has 3 aromatic rings. The van der Waals surface area contributed by atoms with Gasteiger partial charge in [-0.3, -0.25) is 0 Å².